The van der Waals surface area contributed by atoms with Crippen LogP contribution in [-0.4, -0.2) is 17.8 Å². The molecule has 0 atom stereocenters. The molecule has 0 saturated carbocycles. The normalized spacial score (nSPS) is 17.8. The first-order chi connectivity index (χ1) is 21.4. The lowest BCUT2D eigenvalue weighted by Crippen LogP contribution is -2.48. The molecule has 224 valence electrons. The van der Waals surface area contributed by atoms with Crippen LogP contribution in [0.1, 0.15) is 20.9 Å². The van der Waals surface area contributed by atoms with Gasteiger partial charge in [0.2, 0.25) is 0 Å². The van der Waals surface area contributed by atoms with Gasteiger partial charge in [0.25, 0.3) is 0 Å². The molecular formula is C35H18F6S4. The maximum atomic E-state index is 16.0. The summed E-state index contributed by atoms with van der Waals surface area (Å²) in [5, 5.41) is 4.72. The topological polar surface area (TPSA) is 0 Å². The van der Waals surface area contributed by atoms with Crippen molar-refractivity contribution in [3.05, 3.63) is 93.7 Å². The van der Waals surface area contributed by atoms with Crippen molar-refractivity contribution >= 4 is 117 Å². The Kier molecular flexibility index (Phi) is 5.49. The number of allylic oxidation sites excluding steroid dienone is 2. The molecule has 4 aromatic carbocycles. The number of benzene rings is 4. The largest absolute Gasteiger partial charge is 0.380 e. The van der Waals surface area contributed by atoms with Crippen LogP contribution >= 0.6 is 45.3 Å². The Hall–Kier alpha value is -3.44. The van der Waals surface area contributed by atoms with Crippen molar-refractivity contribution in [1.29, 1.82) is 0 Å². The molecule has 0 radical (unpaired) electrons. The minimum Gasteiger partial charge on any atom is -0.194 e. The first-order valence-electron chi connectivity index (χ1n) is 14.0. The van der Waals surface area contributed by atoms with Gasteiger partial charge in [-0.3, -0.25) is 0 Å². The van der Waals surface area contributed by atoms with E-state index in [1.54, 1.807) is 26.0 Å². The maximum Gasteiger partial charge on any atom is 0.380 e. The number of rotatable bonds is 2. The highest BCUT2D eigenvalue weighted by Gasteiger charge is 2.80. The Morgan fingerprint density at radius 3 is 1.18 bits per heavy atom. The van der Waals surface area contributed by atoms with Crippen LogP contribution in [0.25, 0.3) is 71.7 Å². The fourth-order valence-electron chi connectivity index (χ4n) is 6.92. The standard InChI is InChI=1S/C35H18F6S4/c1-15-25-21(11-13-23-27(25)17-7-3-5-9-19(17)42-23)44-31(15)29-30(34(38,39)35(40,41)33(29,36)37)32-16(2)26-22(45-32)12-14-24-28(26)18-8-4-6-10-20(18)43-24/h3-14H,1-2H3. The minimum absolute atomic E-state index is 0.229. The number of hydrogen-bond donors (Lipinski definition) is 0. The quantitative estimate of drug-likeness (QED) is 0.159. The zero-order chi connectivity index (χ0) is 31.2. The Bertz CT molecular complexity index is 2430. The van der Waals surface area contributed by atoms with Crippen molar-refractivity contribution < 1.29 is 26.3 Å². The smallest absolute Gasteiger partial charge is 0.194 e. The molecule has 4 heterocycles. The molecule has 4 aromatic heterocycles. The lowest BCUT2D eigenvalue weighted by molar-refractivity contribution is -0.254. The fraction of sp³-hybridized carbons (Fsp3) is 0.143. The number of halogens is 6. The molecule has 1 aliphatic rings. The lowest BCUT2D eigenvalue weighted by atomic mass is 9.97. The van der Waals surface area contributed by atoms with Gasteiger partial charge in [0, 0.05) is 70.3 Å². The summed E-state index contributed by atoms with van der Waals surface area (Å²) in [5.74, 6) is -15.8. The summed E-state index contributed by atoms with van der Waals surface area (Å²) in [6.45, 7) is 3.16. The van der Waals surface area contributed by atoms with Gasteiger partial charge in [0.15, 0.2) is 0 Å². The molecule has 0 saturated heterocycles. The van der Waals surface area contributed by atoms with E-state index in [-0.39, 0.29) is 9.75 Å². The van der Waals surface area contributed by atoms with Crippen LogP contribution in [0, 0.1) is 13.8 Å². The third-order valence-electron chi connectivity index (χ3n) is 8.99. The predicted molar refractivity (Wildman–Crippen MR) is 181 cm³/mol. The summed E-state index contributed by atoms with van der Waals surface area (Å²) in [7, 11) is 0. The molecule has 8 aromatic rings. The van der Waals surface area contributed by atoms with Gasteiger partial charge in [0.1, 0.15) is 0 Å². The first kappa shape index (κ1) is 27.8. The summed E-state index contributed by atoms with van der Waals surface area (Å²) in [4.78, 5) is -0.458. The highest BCUT2D eigenvalue weighted by molar-refractivity contribution is 7.27. The van der Waals surface area contributed by atoms with Crippen molar-refractivity contribution in [2.75, 3.05) is 0 Å². The van der Waals surface area contributed by atoms with Crippen LogP contribution in [-0.2, 0) is 0 Å². The average molecular weight is 681 g/mol. The van der Waals surface area contributed by atoms with Gasteiger partial charge in [-0.05, 0) is 61.4 Å². The molecule has 9 rings (SSSR count). The fourth-order valence-corrected chi connectivity index (χ4v) is 11.8. The van der Waals surface area contributed by atoms with Gasteiger partial charge >= 0.3 is 17.8 Å². The zero-order valence-corrected chi connectivity index (χ0v) is 26.6. The maximum absolute atomic E-state index is 16.0. The first-order valence-corrected chi connectivity index (χ1v) is 17.3. The molecule has 45 heavy (non-hydrogen) atoms. The predicted octanol–water partition coefficient (Wildman–Crippen LogP) is 13.3. The monoisotopic (exact) mass is 680 g/mol. The number of aryl methyl sites for hydroxylation is 2. The second kappa shape index (κ2) is 8.88. The summed E-state index contributed by atoms with van der Waals surface area (Å²) < 4.78 is 100. The summed E-state index contributed by atoms with van der Waals surface area (Å²) in [6.07, 6.45) is 0. The third-order valence-corrected chi connectivity index (χ3v) is 13.8. The molecule has 0 nitrogen and oxygen atoms in total. The highest BCUT2D eigenvalue weighted by atomic mass is 32.1. The van der Waals surface area contributed by atoms with E-state index in [0.717, 1.165) is 63.0 Å². The van der Waals surface area contributed by atoms with Crippen LogP contribution in [0.4, 0.5) is 26.3 Å². The van der Waals surface area contributed by atoms with Gasteiger partial charge in [-0.1, -0.05) is 36.4 Å². The van der Waals surface area contributed by atoms with E-state index in [2.05, 4.69) is 0 Å². The molecule has 0 bridgehead atoms. The van der Waals surface area contributed by atoms with Crippen LogP contribution < -0.4 is 0 Å². The van der Waals surface area contributed by atoms with Crippen molar-refractivity contribution in [1.82, 2.24) is 0 Å². The van der Waals surface area contributed by atoms with Crippen molar-refractivity contribution in [3.8, 4) is 0 Å². The van der Waals surface area contributed by atoms with Gasteiger partial charge in [-0.2, -0.15) is 26.3 Å². The van der Waals surface area contributed by atoms with E-state index in [1.165, 1.54) is 22.7 Å². The van der Waals surface area contributed by atoms with Crippen LogP contribution in [0.2, 0.25) is 0 Å². The summed E-state index contributed by atoms with van der Waals surface area (Å²) in [6, 6.07) is 22.6. The lowest BCUT2D eigenvalue weighted by Gasteiger charge is -2.25. The van der Waals surface area contributed by atoms with Crippen LogP contribution in [0.15, 0.2) is 72.8 Å². The van der Waals surface area contributed by atoms with Gasteiger partial charge in [0.05, 0.1) is 11.1 Å². The van der Waals surface area contributed by atoms with E-state index in [0.29, 0.717) is 31.3 Å². The van der Waals surface area contributed by atoms with Crippen LogP contribution in [0.5, 0.6) is 0 Å². The summed E-state index contributed by atoms with van der Waals surface area (Å²) in [5.41, 5.74) is -1.94. The molecule has 0 spiro atoms. The van der Waals surface area contributed by atoms with Gasteiger partial charge in [-0.25, -0.2) is 0 Å². The van der Waals surface area contributed by atoms with Crippen molar-refractivity contribution in [2.45, 2.75) is 31.6 Å². The number of alkyl halides is 6. The third kappa shape index (κ3) is 3.33. The molecule has 0 fully saturated rings. The number of fused-ring (bicyclic) bond motifs is 10. The average Bonchev–Trinajstić information content (AvgIpc) is 3.76. The minimum atomic E-state index is -5.62. The molecule has 0 unspecified atom stereocenters. The molecule has 10 heteroatoms. The Morgan fingerprint density at radius 2 is 0.778 bits per heavy atom. The Balaban J connectivity index is 1.41. The molecule has 0 amide bonds. The number of hydrogen-bond acceptors (Lipinski definition) is 4. The van der Waals surface area contributed by atoms with E-state index in [9.17, 15) is 0 Å². The SMILES string of the molecule is Cc1c(C2=C(c3sc4ccc5sc6ccccc6c5c4c3C)C(F)(F)C(F)(F)C2(F)F)sc2ccc3sc4ccccc4c3c12. The molecule has 0 N–H and O–H groups in total. The van der Waals surface area contributed by atoms with Gasteiger partial charge < -0.3 is 0 Å². The van der Waals surface area contributed by atoms with Crippen LogP contribution in [0.3, 0.4) is 0 Å². The highest BCUT2D eigenvalue weighted by Crippen LogP contribution is 2.67. The molecular weight excluding hydrogens is 663 g/mol. The molecule has 1 aliphatic carbocycles. The van der Waals surface area contributed by atoms with E-state index in [4.69, 9.17) is 0 Å². The molecule has 0 aliphatic heterocycles. The van der Waals surface area contributed by atoms with E-state index >= 15 is 26.3 Å². The second-order valence-corrected chi connectivity index (χ2v) is 15.7. The summed E-state index contributed by atoms with van der Waals surface area (Å²) >= 11 is 4.82. The Labute approximate surface area is 267 Å². The Morgan fingerprint density at radius 1 is 0.422 bits per heavy atom. The zero-order valence-electron chi connectivity index (χ0n) is 23.3. The van der Waals surface area contributed by atoms with Gasteiger partial charge in [-0.15, -0.1) is 45.3 Å². The second-order valence-electron chi connectivity index (χ2n) is 11.4. The van der Waals surface area contributed by atoms with E-state index < -0.39 is 28.9 Å². The van der Waals surface area contributed by atoms with Crippen molar-refractivity contribution in [3.63, 3.8) is 0 Å². The van der Waals surface area contributed by atoms with E-state index in [1.807, 2.05) is 60.7 Å². The van der Waals surface area contributed by atoms with Crippen molar-refractivity contribution in [2.24, 2.45) is 0 Å². The number of thiophene rings is 4.